The molecule has 0 aliphatic heterocycles. The van der Waals surface area contributed by atoms with Gasteiger partial charge in [0.25, 0.3) is 0 Å². The van der Waals surface area contributed by atoms with Crippen LogP contribution in [0.1, 0.15) is 28.6 Å². The van der Waals surface area contributed by atoms with E-state index in [2.05, 4.69) is 15.3 Å². The molecule has 2 aromatic heterocycles. The fourth-order valence-electron chi connectivity index (χ4n) is 1.58. The van der Waals surface area contributed by atoms with Gasteiger partial charge in [-0.3, -0.25) is 0 Å². The van der Waals surface area contributed by atoms with Crippen molar-refractivity contribution in [1.82, 2.24) is 9.97 Å². The van der Waals surface area contributed by atoms with Crippen molar-refractivity contribution in [2.45, 2.75) is 25.3 Å². The van der Waals surface area contributed by atoms with Gasteiger partial charge in [0.15, 0.2) is 0 Å². The van der Waals surface area contributed by atoms with Crippen molar-refractivity contribution in [3.63, 3.8) is 0 Å². The zero-order valence-electron chi connectivity index (χ0n) is 9.19. The molecule has 0 saturated heterocycles. The third-order valence-electron chi connectivity index (χ3n) is 2.67. The Morgan fingerprint density at radius 3 is 2.88 bits per heavy atom. The molecule has 1 fully saturated rings. The van der Waals surface area contributed by atoms with Gasteiger partial charge in [0, 0.05) is 23.2 Å². The summed E-state index contributed by atoms with van der Waals surface area (Å²) in [5, 5.41) is 5.20. The number of nitrogens with one attached hydrogen (secondary N) is 1. The van der Waals surface area contributed by atoms with E-state index in [0.29, 0.717) is 5.02 Å². The van der Waals surface area contributed by atoms with Crippen LogP contribution in [-0.2, 0) is 6.54 Å². The summed E-state index contributed by atoms with van der Waals surface area (Å²) in [6, 6.07) is 3.71. The molecular weight excluding hydrogens is 254 g/mol. The number of rotatable bonds is 4. The first-order valence-electron chi connectivity index (χ1n) is 5.61. The third kappa shape index (κ3) is 2.76. The highest BCUT2D eigenvalue weighted by Gasteiger charge is 2.26. The molecule has 0 radical (unpaired) electrons. The number of pyridine rings is 1. The minimum atomic E-state index is 0.657. The van der Waals surface area contributed by atoms with E-state index in [4.69, 9.17) is 11.6 Å². The van der Waals surface area contributed by atoms with Crippen molar-refractivity contribution in [3.8, 4) is 0 Å². The molecule has 88 valence electrons. The first-order chi connectivity index (χ1) is 8.31. The largest absolute Gasteiger partial charge is 0.365 e. The second-order valence-corrected chi connectivity index (χ2v) is 5.74. The van der Waals surface area contributed by atoms with Gasteiger partial charge >= 0.3 is 0 Å². The van der Waals surface area contributed by atoms with E-state index in [-0.39, 0.29) is 0 Å². The summed E-state index contributed by atoms with van der Waals surface area (Å²) in [7, 11) is 0. The molecule has 1 aliphatic rings. The zero-order chi connectivity index (χ0) is 11.7. The van der Waals surface area contributed by atoms with Gasteiger partial charge in [-0.15, -0.1) is 11.3 Å². The van der Waals surface area contributed by atoms with E-state index < -0.39 is 0 Å². The number of hydrogen-bond donors (Lipinski definition) is 1. The van der Waals surface area contributed by atoms with Crippen molar-refractivity contribution in [3.05, 3.63) is 39.4 Å². The number of nitrogens with zero attached hydrogens (tertiary/aromatic N) is 2. The lowest BCUT2D eigenvalue weighted by Gasteiger charge is -2.02. The van der Waals surface area contributed by atoms with Crippen molar-refractivity contribution < 1.29 is 0 Å². The number of thiazole rings is 1. The fraction of sp³-hybridized carbons (Fsp3) is 0.333. The van der Waals surface area contributed by atoms with Crippen LogP contribution < -0.4 is 5.32 Å². The average Bonchev–Trinajstić information content (AvgIpc) is 3.09. The average molecular weight is 266 g/mol. The summed E-state index contributed by atoms with van der Waals surface area (Å²) in [6.45, 7) is 0.777. The highest BCUT2D eigenvalue weighted by molar-refractivity contribution is 7.11. The predicted molar refractivity (Wildman–Crippen MR) is 70.7 cm³/mol. The molecule has 3 rings (SSSR count). The minimum absolute atomic E-state index is 0.657. The van der Waals surface area contributed by atoms with Crippen molar-refractivity contribution in [2.24, 2.45) is 0 Å². The van der Waals surface area contributed by atoms with E-state index in [1.54, 1.807) is 17.5 Å². The van der Waals surface area contributed by atoms with Crippen LogP contribution in [-0.4, -0.2) is 9.97 Å². The molecule has 0 bridgehead atoms. The molecule has 5 heteroatoms. The predicted octanol–water partition coefficient (Wildman–Crippen LogP) is 3.68. The van der Waals surface area contributed by atoms with Crippen LogP contribution in [0, 0.1) is 0 Å². The Morgan fingerprint density at radius 2 is 2.18 bits per heavy atom. The number of hydrogen-bond acceptors (Lipinski definition) is 4. The molecule has 0 atom stereocenters. The summed E-state index contributed by atoms with van der Waals surface area (Å²) in [5.74, 6) is 1.58. The van der Waals surface area contributed by atoms with Gasteiger partial charge in [-0.1, -0.05) is 11.6 Å². The summed E-state index contributed by atoms with van der Waals surface area (Å²) >= 11 is 7.57. The maximum absolute atomic E-state index is 5.78. The Hall–Kier alpha value is -1.13. The van der Waals surface area contributed by atoms with Crippen LogP contribution in [0.15, 0.2) is 24.5 Å². The first-order valence-corrected chi connectivity index (χ1v) is 6.81. The molecule has 3 nitrogen and oxygen atoms in total. The van der Waals surface area contributed by atoms with Gasteiger partial charge in [0.2, 0.25) is 0 Å². The Kier molecular flexibility index (Phi) is 2.99. The minimum Gasteiger partial charge on any atom is -0.365 e. The Morgan fingerprint density at radius 1 is 1.29 bits per heavy atom. The van der Waals surface area contributed by atoms with Gasteiger partial charge in [-0.05, 0) is 25.0 Å². The van der Waals surface area contributed by atoms with Gasteiger partial charge in [0.05, 0.1) is 16.6 Å². The summed E-state index contributed by atoms with van der Waals surface area (Å²) in [5.41, 5.74) is 0. The van der Waals surface area contributed by atoms with Crippen LogP contribution in [0.3, 0.4) is 0 Å². The van der Waals surface area contributed by atoms with Crippen LogP contribution in [0.4, 0.5) is 5.82 Å². The van der Waals surface area contributed by atoms with E-state index in [1.165, 1.54) is 22.7 Å². The lowest BCUT2D eigenvalue weighted by atomic mass is 10.4. The van der Waals surface area contributed by atoms with Crippen LogP contribution >= 0.6 is 22.9 Å². The third-order valence-corrected chi connectivity index (χ3v) is 4.05. The summed E-state index contributed by atoms with van der Waals surface area (Å²) < 4.78 is 0. The van der Waals surface area contributed by atoms with Crippen LogP contribution in [0.25, 0.3) is 0 Å². The number of aromatic nitrogens is 2. The Labute approximate surface area is 109 Å². The smallest absolute Gasteiger partial charge is 0.126 e. The quantitative estimate of drug-likeness (QED) is 0.916. The van der Waals surface area contributed by atoms with E-state index in [9.17, 15) is 0 Å². The highest BCUT2D eigenvalue weighted by atomic mass is 35.5. The number of halogens is 1. The van der Waals surface area contributed by atoms with E-state index in [0.717, 1.165) is 18.3 Å². The zero-order valence-corrected chi connectivity index (χ0v) is 10.8. The van der Waals surface area contributed by atoms with Gasteiger partial charge < -0.3 is 5.32 Å². The molecular formula is C12H12ClN3S. The molecule has 2 aromatic rings. The Balaban J connectivity index is 1.60. The molecule has 0 unspecified atom stereocenters. The topological polar surface area (TPSA) is 37.8 Å². The molecule has 17 heavy (non-hydrogen) atoms. The highest BCUT2D eigenvalue weighted by Crippen LogP contribution is 2.41. The van der Waals surface area contributed by atoms with E-state index >= 15 is 0 Å². The molecule has 1 aliphatic carbocycles. The van der Waals surface area contributed by atoms with E-state index in [1.807, 2.05) is 18.3 Å². The molecule has 0 amide bonds. The van der Waals surface area contributed by atoms with Gasteiger partial charge in [-0.2, -0.15) is 0 Å². The summed E-state index contributed by atoms with van der Waals surface area (Å²) in [6.07, 6.45) is 6.21. The first kappa shape index (κ1) is 11.0. The SMILES string of the molecule is Clc1ccc(NCc2cnc(C3CC3)s2)nc1. The van der Waals surface area contributed by atoms with Crippen LogP contribution in [0.5, 0.6) is 0 Å². The van der Waals surface area contributed by atoms with Crippen molar-refractivity contribution in [2.75, 3.05) is 5.32 Å². The second-order valence-electron chi connectivity index (χ2n) is 4.15. The van der Waals surface area contributed by atoms with Crippen molar-refractivity contribution in [1.29, 1.82) is 0 Å². The normalized spacial score (nSPS) is 14.9. The number of anilines is 1. The standard InChI is InChI=1S/C12H12ClN3S/c13-9-3-4-11(14-5-9)15-6-10-7-16-12(17-10)8-1-2-8/h3-5,7-8H,1-2,6H2,(H,14,15). The monoisotopic (exact) mass is 265 g/mol. The molecule has 1 saturated carbocycles. The van der Waals surface area contributed by atoms with Crippen LogP contribution in [0.2, 0.25) is 5.02 Å². The second kappa shape index (κ2) is 4.63. The molecule has 1 N–H and O–H groups in total. The maximum Gasteiger partial charge on any atom is 0.126 e. The lowest BCUT2D eigenvalue weighted by molar-refractivity contribution is 1.07. The van der Waals surface area contributed by atoms with Gasteiger partial charge in [0.1, 0.15) is 5.82 Å². The fourth-order valence-corrected chi connectivity index (χ4v) is 2.72. The van der Waals surface area contributed by atoms with Gasteiger partial charge in [-0.25, -0.2) is 9.97 Å². The molecule has 0 aromatic carbocycles. The Bertz CT molecular complexity index is 505. The summed E-state index contributed by atoms with van der Waals surface area (Å²) in [4.78, 5) is 9.88. The molecule has 0 spiro atoms. The molecule has 2 heterocycles. The lowest BCUT2D eigenvalue weighted by Crippen LogP contribution is -1.98. The maximum atomic E-state index is 5.78. The van der Waals surface area contributed by atoms with Crippen molar-refractivity contribution >= 4 is 28.8 Å².